The lowest BCUT2D eigenvalue weighted by Gasteiger charge is -2.30. The largest absolute Gasteiger partial charge is 0.489 e. The highest BCUT2D eigenvalue weighted by Crippen LogP contribution is 2.42. The fraction of sp³-hybridized carbons (Fsp3) is 0.256. The number of anilines is 2. The van der Waals surface area contributed by atoms with Crippen molar-refractivity contribution in [1.82, 2.24) is 14.8 Å². The molecule has 1 unspecified atom stereocenters. The van der Waals surface area contributed by atoms with Gasteiger partial charge in [-0.2, -0.15) is 4.98 Å². The molecule has 1 atom stereocenters. The summed E-state index contributed by atoms with van der Waals surface area (Å²) in [4.78, 5) is 19.2. The number of halogens is 2. The number of fused-ring (bicyclic) bond motifs is 1. The summed E-state index contributed by atoms with van der Waals surface area (Å²) in [7, 11) is 0. The number of hydrogen-bond donors (Lipinski definition) is 2. The summed E-state index contributed by atoms with van der Waals surface area (Å²) >= 11 is 11.6. The van der Waals surface area contributed by atoms with E-state index in [1.54, 1.807) is 4.68 Å². The van der Waals surface area contributed by atoms with Gasteiger partial charge in [0.2, 0.25) is 11.1 Å². The zero-order chi connectivity index (χ0) is 34.9. The summed E-state index contributed by atoms with van der Waals surface area (Å²) < 4.78 is 9.17. The molecule has 1 aliphatic heterocycles. The third kappa shape index (κ3) is 7.74. The van der Waals surface area contributed by atoms with E-state index in [1.807, 2.05) is 81.4 Å². The van der Waals surface area contributed by atoms with E-state index >= 15 is 0 Å². The number of benzene rings is 4. The predicted octanol–water partition coefficient (Wildman–Crippen LogP) is 10.4. The molecule has 0 fully saturated rings. The minimum absolute atomic E-state index is 0.0610. The van der Waals surface area contributed by atoms with Gasteiger partial charge in [-0.1, -0.05) is 115 Å². The van der Waals surface area contributed by atoms with E-state index in [-0.39, 0.29) is 11.3 Å². The summed E-state index contributed by atoms with van der Waals surface area (Å²) in [5, 5.41) is 12.8. The lowest BCUT2D eigenvalue weighted by molar-refractivity contribution is -0.113. The monoisotopic (exact) mass is 755 g/mol. The molecule has 0 saturated heterocycles. The van der Waals surface area contributed by atoms with E-state index in [0.717, 1.165) is 38.0 Å². The van der Waals surface area contributed by atoms with Crippen LogP contribution in [-0.2, 0) is 22.6 Å². The average molecular weight is 757 g/mol. The summed E-state index contributed by atoms with van der Waals surface area (Å²) in [6.07, 6.45) is 0. The van der Waals surface area contributed by atoms with Crippen LogP contribution in [0.4, 0.5) is 11.6 Å². The second-order valence-electron chi connectivity index (χ2n) is 13.2. The van der Waals surface area contributed by atoms with Gasteiger partial charge in [-0.15, -0.1) is 5.10 Å². The van der Waals surface area contributed by atoms with E-state index in [9.17, 15) is 4.79 Å². The molecule has 252 valence electrons. The molecule has 0 spiro atoms. The quantitative estimate of drug-likeness (QED) is 0.146. The van der Waals surface area contributed by atoms with Gasteiger partial charge in [0.15, 0.2) is 0 Å². The molecule has 10 heteroatoms. The van der Waals surface area contributed by atoms with Crippen LogP contribution < -0.4 is 15.4 Å². The van der Waals surface area contributed by atoms with Crippen molar-refractivity contribution in [2.24, 2.45) is 0 Å². The Morgan fingerprint density at radius 3 is 2.51 bits per heavy atom. The molecule has 0 aliphatic carbocycles. The van der Waals surface area contributed by atoms with Crippen LogP contribution in [0.3, 0.4) is 0 Å². The van der Waals surface area contributed by atoms with Crippen molar-refractivity contribution in [3.05, 3.63) is 139 Å². The number of amides is 1. The molecule has 0 radical (unpaired) electrons. The third-order valence-corrected chi connectivity index (χ3v) is 10.5. The second-order valence-corrected chi connectivity index (χ2v) is 15.5. The van der Waals surface area contributed by atoms with Crippen molar-refractivity contribution in [1.29, 1.82) is 0 Å². The number of rotatable bonds is 9. The van der Waals surface area contributed by atoms with Crippen LogP contribution in [0.2, 0.25) is 5.02 Å². The van der Waals surface area contributed by atoms with E-state index < -0.39 is 6.04 Å². The van der Waals surface area contributed by atoms with E-state index in [2.05, 4.69) is 71.6 Å². The molecule has 1 aromatic heterocycles. The summed E-state index contributed by atoms with van der Waals surface area (Å²) in [6, 6.07) is 27.4. The molecule has 7 nitrogen and oxygen atoms in total. The summed E-state index contributed by atoms with van der Waals surface area (Å²) in [5.41, 5.74) is 8.20. The predicted molar refractivity (Wildman–Crippen MR) is 204 cm³/mol. The molecule has 0 bridgehead atoms. The summed E-state index contributed by atoms with van der Waals surface area (Å²) in [5.74, 6) is 1.54. The summed E-state index contributed by atoms with van der Waals surface area (Å²) in [6.45, 7) is 12.9. The first kappa shape index (κ1) is 34.8. The van der Waals surface area contributed by atoms with Crippen LogP contribution in [0.1, 0.15) is 67.1 Å². The number of aromatic nitrogens is 3. The van der Waals surface area contributed by atoms with Crippen LogP contribution in [0.15, 0.2) is 106 Å². The van der Waals surface area contributed by atoms with Gasteiger partial charge in [0.1, 0.15) is 18.4 Å². The number of carbonyl (C=O) groups excluding carboxylic acids is 1. The topological polar surface area (TPSA) is 81.1 Å². The minimum atomic E-state index is -0.640. The lowest BCUT2D eigenvalue weighted by atomic mass is 9.87. The average Bonchev–Trinajstić information content (AvgIpc) is 3.47. The highest BCUT2D eigenvalue weighted by atomic mass is 79.9. The normalized spacial score (nSPS) is 14.3. The first-order chi connectivity index (χ1) is 23.4. The van der Waals surface area contributed by atoms with Gasteiger partial charge in [-0.3, -0.25) is 4.79 Å². The van der Waals surface area contributed by atoms with E-state index in [4.69, 9.17) is 26.4 Å². The third-order valence-electron chi connectivity index (χ3n) is 8.73. The SMILES string of the molecule is CC1=C(C(=O)Nc2cccc(C)c2C)C(c2cc(Br)ccc2OCc2ccc(C(C)(C)C)cc2)n2nc(SCc3ccccc3Cl)nc2N1. The Kier molecular flexibility index (Phi) is 10.2. The van der Waals surface area contributed by atoms with E-state index in [0.29, 0.717) is 45.5 Å². The van der Waals surface area contributed by atoms with Crippen LogP contribution in [0.25, 0.3) is 0 Å². The Morgan fingerprint density at radius 1 is 1.02 bits per heavy atom. The Hall–Kier alpha value is -4.05. The Balaban J connectivity index is 1.38. The number of aryl methyl sites for hydroxylation is 1. The molecule has 49 heavy (non-hydrogen) atoms. The number of hydrogen-bond acceptors (Lipinski definition) is 6. The van der Waals surface area contributed by atoms with Crippen LogP contribution in [0.5, 0.6) is 5.75 Å². The molecule has 6 rings (SSSR count). The maximum absolute atomic E-state index is 14.3. The number of allylic oxidation sites excluding steroid dienone is 1. The highest BCUT2D eigenvalue weighted by molar-refractivity contribution is 9.10. The van der Waals surface area contributed by atoms with Crippen molar-refractivity contribution >= 4 is 56.8 Å². The second kappa shape index (κ2) is 14.4. The van der Waals surface area contributed by atoms with Crippen molar-refractivity contribution < 1.29 is 9.53 Å². The number of thioether (sulfide) groups is 1. The van der Waals surface area contributed by atoms with Crippen LogP contribution >= 0.6 is 39.3 Å². The standard InChI is InChI=1S/C39H39BrClN5O2S/c1-23-10-9-13-32(24(23)2)43-36(47)34-25(3)42-37-44-38(49-22-27-11-7-8-12-31(27)41)45-46(37)35(34)30-20-29(40)18-19-33(30)48-21-26-14-16-28(17-15-26)39(4,5)6/h7-20,35H,21-22H2,1-6H3,(H,43,47)(H,42,44,45). The van der Waals surface area contributed by atoms with Crippen molar-refractivity contribution in [2.45, 2.75) is 70.5 Å². The Labute approximate surface area is 305 Å². The van der Waals surface area contributed by atoms with Gasteiger partial charge in [-0.25, -0.2) is 4.68 Å². The molecular formula is C39H39BrClN5O2S. The zero-order valence-electron chi connectivity index (χ0n) is 28.4. The van der Waals surface area contributed by atoms with Crippen molar-refractivity contribution in [2.75, 3.05) is 10.6 Å². The van der Waals surface area contributed by atoms with Gasteiger partial charge >= 0.3 is 0 Å². The number of ether oxygens (including phenoxy) is 1. The Bertz CT molecular complexity index is 2050. The molecule has 4 aromatic carbocycles. The molecule has 0 saturated carbocycles. The number of carbonyl (C=O) groups is 1. The lowest BCUT2D eigenvalue weighted by Crippen LogP contribution is -2.32. The molecule has 1 amide bonds. The van der Waals surface area contributed by atoms with Gasteiger partial charge in [0.25, 0.3) is 5.91 Å². The molecule has 2 heterocycles. The smallest absolute Gasteiger partial charge is 0.255 e. The fourth-order valence-electron chi connectivity index (χ4n) is 5.73. The molecule has 1 aliphatic rings. The first-order valence-corrected chi connectivity index (χ1v) is 18.2. The van der Waals surface area contributed by atoms with Gasteiger partial charge in [0, 0.05) is 32.2 Å². The maximum atomic E-state index is 14.3. The van der Waals surface area contributed by atoms with Gasteiger partial charge < -0.3 is 15.4 Å². The van der Waals surface area contributed by atoms with E-state index in [1.165, 1.54) is 17.3 Å². The van der Waals surface area contributed by atoms with Crippen molar-refractivity contribution in [3.8, 4) is 5.75 Å². The van der Waals surface area contributed by atoms with Crippen molar-refractivity contribution in [3.63, 3.8) is 0 Å². The first-order valence-electron chi connectivity index (χ1n) is 16.1. The number of nitrogens with zero attached hydrogens (tertiary/aromatic N) is 3. The number of nitrogens with one attached hydrogen (secondary N) is 2. The molecule has 2 N–H and O–H groups in total. The Morgan fingerprint density at radius 2 is 1.78 bits per heavy atom. The van der Waals surface area contributed by atoms with Crippen LogP contribution in [-0.4, -0.2) is 20.7 Å². The molecule has 5 aromatic rings. The van der Waals surface area contributed by atoms with Gasteiger partial charge in [-0.05, 0) is 84.3 Å². The molecular weight excluding hydrogens is 718 g/mol. The fourth-order valence-corrected chi connectivity index (χ4v) is 7.23. The van der Waals surface area contributed by atoms with Crippen LogP contribution in [0, 0.1) is 13.8 Å². The highest BCUT2D eigenvalue weighted by Gasteiger charge is 2.36. The zero-order valence-corrected chi connectivity index (χ0v) is 31.6. The van der Waals surface area contributed by atoms with Gasteiger partial charge in [0.05, 0.1) is 5.57 Å². The minimum Gasteiger partial charge on any atom is -0.489 e. The maximum Gasteiger partial charge on any atom is 0.255 e.